The third kappa shape index (κ3) is 7.44. The third-order valence-electron chi connectivity index (χ3n) is 2.09. The minimum Gasteiger partial charge on any atom is -0.480 e. The van der Waals surface area contributed by atoms with Crippen LogP contribution in [-0.4, -0.2) is 46.4 Å². The predicted octanol–water partition coefficient (Wildman–Crippen LogP) is 0.922. The quantitative estimate of drug-likeness (QED) is 0.454. The van der Waals surface area contributed by atoms with Gasteiger partial charge in [-0.25, -0.2) is 8.78 Å². The van der Waals surface area contributed by atoms with Crippen molar-refractivity contribution in [2.45, 2.75) is 37.5 Å². The van der Waals surface area contributed by atoms with Crippen molar-refractivity contribution in [1.82, 2.24) is 0 Å². The first kappa shape index (κ1) is 17.1. The average Bonchev–Trinajstić information content (AvgIpc) is 2.21. The summed E-state index contributed by atoms with van der Waals surface area (Å²) in [5.74, 6) is -0.813. The zero-order valence-corrected chi connectivity index (χ0v) is 11.2. The van der Waals surface area contributed by atoms with Gasteiger partial charge >= 0.3 is 5.97 Å². The fraction of sp³-hybridized carbons (Fsp3) is 0.800. The molecule has 0 saturated heterocycles. The van der Waals surface area contributed by atoms with Gasteiger partial charge in [-0.05, 0) is 13.8 Å². The standard InChI is InChI=1S/C10H19F2N3O2S/c1-6(13)15-4-7(3-8(11)12)18-5-10(2,14)9(16)17/h7-8H,3-5,14H2,1-2H3,(H2,13,15)(H,16,17)/t7?,10-/m0/s1. The van der Waals surface area contributed by atoms with Crippen LogP contribution >= 0.6 is 11.8 Å². The topological polar surface area (TPSA) is 102 Å². The fourth-order valence-corrected chi connectivity index (χ4v) is 2.16. The summed E-state index contributed by atoms with van der Waals surface area (Å²) in [5.41, 5.74) is 9.42. The molecule has 1 unspecified atom stereocenters. The summed E-state index contributed by atoms with van der Waals surface area (Å²) < 4.78 is 24.7. The van der Waals surface area contributed by atoms with Gasteiger partial charge in [0.2, 0.25) is 6.43 Å². The van der Waals surface area contributed by atoms with Gasteiger partial charge in [-0.2, -0.15) is 11.8 Å². The second-order valence-corrected chi connectivity index (χ2v) is 5.55. The number of alkyl halides is 2. The highest BCUT2D eigenvalue weighted by Gasteiger charge is 2.29. The summed E-state index contributed by atoms with van der Waals surface area (Å²) in [6.45, 7) is 3.04. The summed E-state index contributed by atoms with van der Waals surface area (Å²) in [6.07, 6.45) is -2.83. The van der Waals surface area contributed by atoms with Crippen LogP contribution in [0.4, 0.5) is 8.78 Å². The van der Waals surface area contributed by atoms with Crippen molar-refractivity contribution in [2.75, 3.05) is 12.3 Å². The molecule has 0 aromatic carbocycles. The van der Waals surface area contributed by atoms with Crippen molar-refractivity contribution < 1.29 is 18.7 Å². The van der Waals surface area contributed by atoms with Crippen molar-refractivity contribution in [3.63, 3.8) is 0 Å². The van der Waals surface area contributed by atoms with Crippen LogP contribution in [-0.2, 0) is 4.79 Å². The van der Waals surface area contributed by atoms with E-state index in [0.29, 0.717) is 5.84 Å². The normalized spacial score (nSPS) is 17.6. The van der Waals surface area contributed by atoms with Gasteiger partial charge in [0.25, 0.3) is 0 Å². The number of carboxylic acid groups (broad SMARTS) is 1. The molecule has 18 heavy (non-hydrogen) atoms. The molecule has 106 valence electrons. The Morgan fingerprint density at radius 2 is 2.11 bits per heavy atom. The zero-order valence-electron chi connectivity index (χ0n) is 10.4. The van der Waals surface area contributed by atoms with Crippen molar-refractivity contribution >= 4 is 23.6 Å². The molecule has 0 heterocycles. The minimum absolute atomic E-state index is 0.0405. The van der Waals surface area contributed by atoms with E-state index >= 15 is 0 Å². The number of carboxylic acids is 1. The van der Waals surface area contributed by atoms with Crippen LogP contribution in [0.5, 0.6) is 0 Å². The van der Waals surface area contributed by atoms with E-state index in [2.05, 4.69) is 4.99 Å². The number of nitrogens with zero attached hydrogens (tertiary/aromatic N) is 1. The Labute approximate surface area is 109 Å². The largest absolute Gasteiger partial charge is 0.480 e. The van der Waals surface area contributed by atoms with E-state index in [1.54, 1.807) is 6.92 Å². The second-order valence-electron chi connectivity index (χ2n) is 4.26. The molecule has 5 N–H and O–H groups in total. The Hall–Kier alpha value is -0.890. The Bertz CT molecular complexity index is 307. The molecule has 8 heteroatoms. The molecule has 0 aliphatic heterocycles. The first-order valence-electron chi connectivity index (χ1n) is 5.33. The van der Waals surface area contributed by atoms with Gasteiger partial charge in [0.05, 0.1) is 12.4 Å². The highest BCUT2D eigenvalue weighted by atomic mass is 32.2. The number of thioether (sulfide) groups is 1. The van der Waals surface area contributed by atoms with Crippen LogP contribution in [0.15, 0.2) is 4.99 Å². The van der Waals surface area contributed by atoms with E-state index < -0.39 is 23.2 Å². The number of halogens is 2. The van der Waals surface area contributed by atoms with Gasteiger partial charge in [0.15, 0.2) is 0 Å². The maximum Gasteiger partial charge on any atom is 0.324 e. The average molecular weight is 283 g/mol. The number of rotatable bonds is 8. The van der Waals surface area contributed by atoms with E-state index in [1.807, 2.05) is 0 Å². The summed E-state index contributed by atoms with van der Waals surface area (Å²) in [4.78, 5) is 14.7. The summed E-state index contributed by atoms with van der Waals surface area (Å²) in [7, 11) is 0. The molecule has 5 nitrogen and oxygen atoms in total. The van der Waals surface area contributed by atoms with Gasteiger partial charge in [-0.15, -0.1) is 0 Å². The lowest BCUT2D eigenvalue weighted by Crippen LogP contribution is -2.47. The van der Waals surface area contributed by atoms with Crippen molar-refractivity contribution in [2.24, 2.45) is 16.5 Å². The number of hydrogen-bond acceptors (Lipinski definition) is 4. The minimum atomic E-state index is -2.47. The molecule has 0 radical (unpaired) electrons. The van der Waals surface area contributed by atoms with E-state index in [0.717, 1.165) is 11.8 Å². The Balaban J connectivity index is 4.41. The van der Waals surface area contributed by atoms with Crippen LogP contribution in [0.25, 0.3) is 0 Å². The molecule has 0 saturated carbocycles. The zero-order chi connectivity index (χ0) is 14.3. The van der Waals surface area contributed by atoms with Gasteiger partial charge in [-0.1, -0.05) is 0 Å². The van der Waals surface area contributed by atoms with Gasteiger partial charge in [0.1, 0.15) is 5.54 Å². The number of aliphatic carboxylic acids is 1. The first-order chi connectivity index (χ1) is 8.15. The lowest BCUT2D eigenvalue weighted by atomic mass is 10.1. The monoisotopic (exact) mass is 283 g/mol. The molecule has 0 rings (SSSR count). The summed E-state index contributed by atoms with van der Waals surface area (Å²) >= 11 is 1.08. The molecular formula is C10H19F2N3O2S. The molecular weight excluding hydrogens is 264 g/mol. The van der Waals surface area contributed by atoms with E-state index in [1.165, 1.54) is 6.92 Å². The van der Waals surface area contributed by atoms with Crippen molar-refractivity contribution in [1.29, 1.82) is 0 Å². The number of nitrogens with two attached hydrogens (primary N) is 2. The predicted molar refractivity (Wildman–Crippen MR) is 69.3 cm³/mol. The summed E-state index contributed by atoms with van der Waals surface area (Å²) in [6, 6.07) is 0. The number of amidine groups is 1. The SMILES string of the molecule is CC(N)=NCC(CC(F)F)SC[C@](C)(N)C(=O)O. The number of carbonyl (C=O) groups is 1. The molecule has 0 aromatic rings. The van der Waals surface area contributed by atoms with Crippen LogP contribution in [0.2, 0.25) is 0 Å². The van der Waals surface area contributed by atoms with E-state index in [4.69, 9.17) is 16.6 Å². The molecule has 0 amide bonds. The van der Waals surface area contributed by atoms with Gasteiger partial charge in [-0.3, -0.25) is 9.79 Å². The first-order valence-corrected chi connectivity index (χ1v) is 6.38. The maximum atomic E-state index is 12.3. The highest BCUT2D eigenvalue weighted by molar-refractivity contribution is 8.00. The van der Waals surface area contributed by atoms with Gasteiger partial charge in [0, 0.05) is 17.4 Å². The molecule has 0 fully saturated rings. The highest BCUT2D eigenvalue weighted by Crippen LogP contribution is 2.22. The Morgan fingerprint density at radius 3 is 2.50 bits per heavy atom. The third-order valence-corrected chi connectivity index (χ3v) is 3.67. The maximum absolute atomic E-state index is 12.3. The van der Waals surface area contributed by atoms with Crippen molar-refractivity contribution in [3.05, 3.63) is 0 Å². The lowest BCUT2D eigenvalue weighted by Gasteiger charge is -2.22. The fourth-order valence-electron chi connectivity index (χ4n) is 0.993. The lowest BCUT2D eigenvalue weighted by molar-refractivity contribution is -0.141. The van der Waals surface area contributed by atoms with E-state index in [9.17, 15) is 13.6 Å². The van der Waals surface area contributed by atoms with Crippen LogP contribution < -0.4 is 11.5 Å². The smallest absolute Gasteiger partial charge is 0.324 e. The summed E-state index contributed by atoms with van der Waals surface area (Å²) in [5, 5.41) is 8.33. The Kier molecular flexibility index (Phi) is 7.15. The molecule has 0 aliphatic carbocycles. The number of aliphatic imine (C=N–C) groups is 1. The van der Waals surface area contributed by atoms with Gasteiger partial charge < -0.3 is 16.6 Å². The van der Waals surface area contributed by atoms with Crippen LogP contribution in [0, 0.1) is 0 Å². The van der Waals surface area contributed by atoms with E-state index in [-0.39, 0.29) is 18.7 Å². The Morgan fingerprint density at radius 1 is 1.56 bits per heavy atom. The van der Waals surface area contributed by atoms with Crippen LogP contribution in [0.3, 0.4) is 0 Å². The second kappa shape index (κ2) is 7.52. The number of hydrogen-bond donors (Lipinski definition) is 3. The molecule has 2 atom stereocenters. The molecule has 0 spiro atoms. The van der Waals surface area contributed by atoms with Crippen LogP contribution in [0.1, 0.15) is 20.3 Å². The molecule has 0 bridgehead atoms. The van der Waals surface area contributed by atoms with Crippen molar-refractivity contribution in [3.8, 4) is 0 Å². The molecule has 0 aliphatic rings. The molecule has 0 aromatic heterocycles.